The average Bonchev–Trinajstić information content (AvgIpc) is 4.09. The second kappa shape index (κ2) is 29.5. The van der Waals surface area contributed by atoms with Crippen LogP contribution in [0, 0.1) is 0 Å². The molecule has 37 heteroatoms. The fourth-order valence-electron chi connectivity index (χ4n) is 9.87. The lowest BCUT2D eigenvalue weighted by atomic mass is 9.95. The van der Waals surface area contributed by atoms with E-state index in [9.17, 15) is 117 Å². The van der Waals surface area contributed by atoms with Gasteiger partial charge in [-0.05, 0) is 0 Å². The van der Waals surface area contributed by atoms with Gasteiger partial charge in [-0.3, -0.25) is 0 Å². The maximum absolute atomic E-state index is 11.8. The molecule has 0 aromatic heterocycles. The van der Waals surface area contributed by atoms with Gasteiger partial charge in [0.1, 0.15) is 171 Å². The molecular formula is C44H76O37. The van der Waals surface area contributed by atoms with Crippen molar-refractivity contribution in [3.8, 4) is 0 Å². The molecule has 7 heterocycles. The monoisotopic (exact) mass is 1200 g/mol. The molecule has 0 spiro atoms. The summed E-state index contributed by atoms with van der Waals surface area (Å²) < 4.78 is 79.2. The third kappa shape index (κ3) is 14.8. The summed E-state index contributed by atoms with van der Waals surface area (Å²) in [6.07, 6.45) is -67.1. The summed E-state index contributed by atoms with van der Waals surface area (Å²) in [7, 11) is 0. The first kappa shape index (κ1) is 67.0. The van der Waals surface area contributed by atoms with Crippen molar-refractivity contribution in [3.63, 3.8) is 0 Å². The summed E-state index contributed by atoms with van der Waals surface area (Å²) in [6, 6.07) is 0. The van der Waals surface area contributed by atoms with E-state index < -0.39 is 274 Å². The number of rotatable bonds is 24. The van der Waals surface area contributed by atoms with Crippen LogP contribution in [-0.2, 0) is 66.3 Å². The third-order valence-electron chi connectivity index (χ3n) is 14.8. The lowest BCUT2D eigenvalue weighted by molar-refractivity contribution is -0.389. The van der Waals surface area contributed by atoms with E-state index in [4.69, 9.17) is 66.3 Å². The highest BCUT2D eigenvalue weighted by molar-refractivity contribution is 4.99. The van der Waals surface area contributed by atoms with E-state index in [-0.39, 0.29) is 0 Å². The molecule has 0 unspecified atom stereocenters. The number of hydrogen-bond donors (Lipinski definition) is 23. The van der Waals surface area contributed by atoms with E-state index in [0.717, 1.165) is 0 Å². The predicted octanol–water partition coefficient (Wildman–Crippen LogP) is -16.3. The van der Waals surface area contributed by atoms with Crippen molar-refractivity contribution in [2.24, 2.45) is 0 Å². The average molecular weight is 1200 g/mol. The zero-order valence-electron chi connectivity index (χ0n) is 42.6. The van der Waals surface area contributed by atoms with E-state index in [1.54, 1.807) is 0 Å². The molecule has 0 radical (unpaired) electrons. The molecule has 35 atom stereocenters. The van der Waals surface area contributed by atoms with Crippen LogP contribution in [0.2, 0.25) is 0 Å². The normalized spacial score (nSPS) is 49.6. The van der Waals surface area contributed by atoms with E-state index in [1.807, 2.05) is 0 Å². The fourth-order valence-corrected chi connectivity index (χ4v) is 9.87. The summed E-state index contributed by atoms with van der Waals surface area (Å²) in [5.74, 6) is 0. The lowest BCUT2D eigenvalue weighted by Gasteiger charge is -2.49. The molecule has 37 nitrogen and oxygen atoms in total. The van der Waals surface area contributed by atoms with Crippen LogP contribution in [0.25, 0.3) is 0 Å². The summed E-state index contributed by atoms with van der Waals surface area (Å²) in [4.78, 5) is 0. The van der Waals surface area contributed by atoms with Crippen molar-refractivity contribution in [2.75, 3.05) is 59.5 Å². The number of ether oxygens (including phenoxy) is 14. The van der Waals surface area contributed by atoms with Crippen molar-refractivity contribution in [1.29, 1.82) is 0 Å². The lowest BCUT2D eigenvalue weighted by Crippen LogP contribution is -2.67. The molecule has 81 heavy (non-hydrogen) atoms. The van der Waals surface area contributed by atoms with E-state index in [0.29, 0.717) is 0 Å². The van der Waals surface area contributed by atoms with E-state index in [1.165, 1.54) is 0 Å². The van der Waals surface area contributed by atoms with Crippen molar-refractivity contribution in [1.82, 2.24) is 0 Å². The molecule has 0 aromatic carbocycles. The SMILES string of the molecule is OC[C@@H](O)[C@@H](O[C@@H]1O[C@H](CO)[C@@H](O[C@@H]2O[C@H](CO[C@H]3OC[C@@H](O)[C@H](O)[C@H]3O[C@@H]3O[C@@H](CO)[C@H](O)[C@H]3O)[C@@H](O[C@@H]3O[C@H](CO[C@H]4OC[C@@H](O)[C@H](O)[C@H]4O[C@@H]4O[C@@H](CO)[C@H](O)[C@H]4O)[C@@H](O)[C@H](O)[C@H]3O)[C@H](O)[C@H]2O)[C@H](O)[C@H]1O)[C@H](O)[C@@H](O)CO. The molecule has 0 aliphatic carbocycles. The van der Waals surface area contributed by atoms with E-state index in [2.05, 4.69) is 0 Å². The maximum Gasteiger partial charge on any atom is 0.187 e. The first-order valence-corrected chi connectivity index (χ1v) is 25.7. The van der Waals surface area contributed by atoms with Gasteiger partial charge in [0, 0.05) is 0 Å². The van der Waals surface area contributed by atoms with Gasteiger partial charge in [-0.15, -0.1) is 0 Å². The molecule has 0 bridgehead atoms. The van der Waals surface area contributed by atoms with Gasteiger partial charge in [0.15, 0.2) is 44.0 Å². The second-order valence-electron chi connectivity index (χ2n) is 20.3. The maximum atomic E-state index is 11.8. The quantitative estimate of drug-likeness (QED) is 0.0427. The summed E-state index contributed by atoms with van der Waals surface area (Å²) in [6.45, 7) is -7.88. The Labute approximate surface area is 457 Å². The molecule has 7 aliphatic heterocycles. The molecule has 0 amide bonds. The van der Waals surface area contributed by atoms with Crippen LogP contribution in [0.3, 0.4) is 0 Å². The predicted molar refractivity (Wildman–Crippen MR) is 243 cm³/mol. The Bertz CT molecular complexity index is 1870. The third-order valence-corrected chi connectivity index (χ3v) is 14.8. The van der Waals surface area contributed by atoms with Gasteiger partial charge in [-0.1, -0.05) is 0 Å². The minimum atomic E-state index is -2.34. The first-order valence-electron chi connectivity index (χ1n) is 25.7. The largest absolute Gasteiger partial charge is 0.394 e. The van der Waals surface area contributed by atoms with Crippen LogP contribution in [0.15, 0.2) is 0 Å². The van der Waals surface area contributed by atoms with Gasteiger partial charge in [0.25, 0.3) is 0 Å². The number of hydrogen-bond acceptors (Lipinski definition) is 37. The smallest absolute Gasteiger partial charge is 0.187 e. The minimum absolute atomic E-state index is 0.580. The Morgan fingerprint density at radius 3 is 1.11 bits per heavy atom. The topological polar surface area (TPSA) is 595 Å². The molecule has 23 N–H and O–H groups in total. The number of aliphatic hydroxyl groups excluding tert-OH is 23. The zero-order chi connectivity index (χ0) is 59.5. The standard InChI is InChI=1S/C44H76O37/c45-1-10(50)19(54)33(11(51)2-46)77-41-31(66)26(61)34(16(5-49)74-41)78-42-32(67)27(62)35(18(76-42)9-71-44-37(21(56)13(53)7-69-44)81-39-29(64)23(58)15(4-48)73-39)79-40-30(65)25(60)24(59)17(75-40)8-70-43-36(20(55)12(52)6-68-43)80-38-28(63)22(57)14(3-47)72-38/h10-67H,1-9H2/t10-,11+,12+,13+,14-,15-,16+,17+,18+,19+,20-,21-,22-,23-,24+,25-,26+,27+,28+,29+,30+,31+,32+,33+,34+,35+,36+,37+,38-,39-,40-,41-,42-,43+,44+/m0/s1. The Morgan fingerprint density at radius 2 is 0.679 bits per heavy atom. The van der Waals surface area contributed by atoms with Crippen LogP contribution in [0.5, 0.6) is 0 Å². The Kier molecular flexibility index (Phi) is 24.4. The van der Waals surface area contributed by atoms with Crippen LogP contribution < -0.4 is 0 Å². The highest BCUT2D eigenvalue weighted by Gasteiger charge is 2.57. The zero-order valence-corrected chi connectivity index (χ0v) is 42.6. The molecule has 7 saturated heterocycles. The van der Waals surface area contributed by atoms with Crippen molar-refractivity contribution < 1.29 is 184 Å². The summed E-state index contributed by atoms with van der Waals surface area (Å²) in [5, 5.41) is 243. The highest BCUT2D eigenvalue weighted by Crippen LogP contribution is 2.36. The van der Waals surface area contributed by atoms with Crippen molar-refractivity contribution >= 4 is 0 Å². The van der Waals surface area contributed by atoms with Gasteiger partial charge in [0.2, 0.25) is 0 Å². The number of aliphatic hydroxyl groups is 23. The molecule has 7 rings (SSSR count). The Morgan fingerprint density at radius 1 is 0.333 bits per heavy atom. The Hall–Kier alpha value is -1.48. The molecular weight excluding hydrogens is 1120 g/mol. The van der Waals surface area contributed by atoms with Crippen LogP contribution in [-0.4, -0.2) is 392 Å². The minimum Gasteiger partial charge on any atom is -0.394 e. The van der Waals surface area contributed by atoms with Crippen molar-refractivity contribution in [2.45, 2.75) is 215 Å². The molecule has 7 fully saturated rings. The van der Waals surface area contributed by atoms with Crippen molar-refractivity contribution in [3.05, 3.63) is 0 Å². The highest BCUT2D eigenvalue weighted by atomic mass is 16.8. The van der Waals surface area contributed by atoms with Gasteiger partial charge in [-0.2, -0.15) is 0 Å². The van der Waals surface area contributed by atoms with E-state index >= 15 is 0 Å². The molecule has 0 saturated carbocycles. The molecule has 7 aliphatic rings. The molecule has 474 valence electrons. The van der Waals surface area contributed by atoms with Gasteiger partial charge in [-0.25, -0.2) is 0 Å². The van der Waals surface area contributed by atoms with Gasteiger partial charge in [0.05, 0.1) is 59.5 Å². The fraction of sp³-hybridized carbons (Fsp3) is 1.00. The van der Waals surface area contributed by atoms with Gasteiger partial charge >= 0.3 is 0 Å². The summed E-state index contributed by atoms with van der Waals surface area (Å²) in [5.41, 5.74) is 0. The Balaban J connectivity index is 1.11. The van der Waals surface area contributed by atoms with Gasteiger partial charge < -0.3 is 184 Å². The van der Waals surface area contributed by atoms with Crippen LogP contribution >= 0.6 is 0 Å². The molecule has 0 aromatic rings. The first-order chi connectivity index (χ1) is 38.4. The summed E-state index contributed by atoms with van der Waals surface area (Å²) >= 11 is 0. The van der Waals surface area contributed by atoms with Crippen LogP contribution in [0.4, 0.5) is 0 Å². The second-order valence-corrected chi connectivity index (χ2v) is 20.3. The van der Waals surface area contributed by atoms with Crippen LogP contribution in [0.1, 0.15) is 0 Å².